The Hall–Kier alpha value is -2.77. The second-order valence-electron chi connectivity index (χ2n) is 5.27. The molecule has 0 spiro atoms. The minimum atomic E-state index is -4.43. The van der Waals surface area contributed by atoms with Crippen molar-refractivity contribution < 1.29 is 26.3 Å². The number of nitrogens with zero attached hydrogens (tertiary/aromatic N) is 1. The van der Waals surface area contributed by atoms with Gasteiger partial charge < -0.3 is 10.1 Å². The van der Waals surface area contributed by atoms with Gasteiger partial charge in [0.05, 0.1) is 16.1 Å². The molecule has 0 saturated carbocycles. The first-order valence-electron chi connectivity index (χ1n) is 7.18. The van der Waals surface area contributed by atoms with Crippen LogP contribution in [0.15, 0.2) is 47.4 Å². The predicted octanol–water partition coefficient (Wildman–Crippen LogP) is 2.76. The molecule has 0 aromatic heterocycles. The Balaban J connectivity index is 2.11. The van der Waals surface area contributed by atoms with Crippen LogP contribution in [0.4, 0.5) is 18.9 Å². The Morgan fingerprint density at radius 3 is 2.54 bits per heavy atom. The molecule has 6 nitrogen and oxygen atoms in total. The van der Waals surface area contributed by atoms with Gasteiger partial charge >= 0.3 is 6.18 Å². The van der Waals surface area contributed by atoms with E-state index >= 15 is 0 Å². The molecule has 0 aliphatic carbocycles. The van der Waals surface area contributed by atoms with Gasteiger partial charge in [-0.15, -0.1) is 0 Å². The summed E-state index contributed by atoms with van der Waals surface area (Å²) >= 11 is 0. The number of hydrogen-bond acceptors (Lipinski definition) is 5. The van der Waals surface area contributed by atoms with Crippen LogP contribution in [-0.4, -0.2) is 21.2 Å². The number of hydrogen-bond donors (Lipinski definition) is 2. The molecule has 3 N–H and O–H groups in total. The van der Waals surface area contributed by atoms with Crippen molar-refractivity contribution >= 4 is 15.7 Å². The van der Waals surface area contributed by atoms with Crippen LogP contribution in [0.5, 0.6) is 5.75 Å². The molecule has 0 aliphatic rings. The van der Waals surface area contributed by atoms with Crippen molar-refractivity contribution in [3.63, 3.8) is 0 Å². The zero-order chi connectivity index (χ0) is 19.4. The van der Waals surface area contributed by atoms with Crippen LogP contribution >= 0.6 is 0 Å². The number of ether oxygens (including phenoxy) is 1. The summed E-state index contributed by atoms with van der Waals surface area (Å²) in [7, 11) is -3.93. The first kappa shape index (κ1) is 19.6. The van der Waals surface area contributed by atoms with E-state index in [0.717, 1.165) is 6.07 Å². The number of alkyl halides is 3. The number of rotatable bonds is 6. The molecular formula is C16H14F3N3O3S. The van der Waals surface area contributed by atoms with Crippen LogP contribution in [0.1, 0.15) is 11.1 Å². The maximum atomic E-state index is 12.2. The molecule has 10 heteroatoms. The van der Waals surface area contributed by atoms with Crippen molar-refractivity contribution in [3.8, 4) is 11.8 Å². The minimum Gasteiger partial charge on any atom is -0.484 e. The monoisotopic (exact) mass is 385 g/mol. The van der Waals surface area contributed by atoms with Crippen LogP contribution in [0.3, 0.4) is 0 Å². The van der Waals surface area contributed by atoms with Gasteiger partial charge in [0.25, 0.3) is 0 Å². The fraction of sp³-hybridized carbons (Fsp3) is 0.188. The van der Waals surface area contributed by atoms with Crippen molar-refractivity contribution in [1.82, 2.24) is 0 Å². The molecule has 26 heavy (non-hydrogen) atoms. The number of nitrogens with one attached hydrogen (secondary N) is 1. The fourth-order valence-electron chi connectivity index (χ4n) is 2.05. The van der Waals surface area contributed by atoms with Crippen molar-refractivity contribution in [2.75, 3.05) is 11.9 Å². The highest BCUT2D eigenvalue weighted by Gasteiger charge is 2.28. The summed E-state index contributed by atoms with van der Waals surface area (Å²) in [6.07, 6.45) is -4.43. The molecule has 0 heterocycles. The summed E-state index contributed by atoms with van der Waals surface area (Å²) < 4.78 is 63.9. The Kier molecular flexibility index (Phi) is 5.74. The van der Waals surface area contributed by atoms with Crippen molar-refractivity contribution in [3.05, 3.63) is 53.6 Å². The summed E-state index contributed by atoms with van der Waals surface area (Å²) in [6, 6.07) is 11.7. The zero-order valence-corrected chi connectivity index (χ0v) is 14.1. The smallest absolute Gasteiger partial charge is 0.422 e. The summed E-state index contributed by atoms with van der Waals surface area (Å²) in [5.41, 5.74) is 1.05. The van der Waals surface area contributed by atoms with Gasteiger partial charge in [-0.25, -0.2) is 13.6 Å². The number of primary sulfonamides is 1. The second-order valence-corrected chi connectivity index (χ2v) is 6.83. The standard InChI is InChI=1S/C16H14F3N3O3S/c17-16(18,19)10-25-13-3-1-2-11(6-13)9-22-15-5-4-14(26(21,23)24)7-12(15)8-20/h1-7,22H,9-10H2,(H2,21,23,24). The molecule has 0 unspecified atom stereocenters. The van der Waals surface area contributed by atoms with E-state index in [9.17, 15) is 21.6 Å². The Bertz CT molecular complexity index is 938. The summed E-state index contributed by atoms with van der Waals surface area (Å²) in [5.74, 6) is 0.0618. The van der Waals surface area contributed by atoms with Gasteiger partial charge in [-0.1, -0.05) is 12.1 Å². The van der Waals surface area contributed by atoms with Gasteiger partial charge in [0.15, 0.2) is 6.61 Å². The van der Waals surface area contributed by atoms with Crippen molar-refractivity contribution in [2.24, 2.45) is 5.14 Å². The fourth-order valence-corrected chi connectivity index (χ4v) is 2.59. The zero-order valence-electron chi connectivity index (χ0n) is 13.2. The van der Waals surface area contributed by atoms with Crippen LogP contribution in [0.25, 0.3) is 0 Å². The van der Waals surface area contributed by atoms with E-state index in [1.165, 1.54) is 30.3 Å². The van der Waals surface area contributed by atoms with E-state index in [4.69, 9.17) is 10.4 Å². The molecule has 0 saturated heterocycles. The van der Waals surface area contributed by atoms with E-state index in [1.54, 1.807) is 6.07 Å². The van der Waals surface area contributed by atoms with E-state index < -0.39 is 22.8 Å². The number of nitriles is 1. The largest absolute Gasteiger partial charge is 0.484 e. The lowest BCUT2D eigenvalue weighted by atomic mass is 10.1. The lowest BCUT2D eigenvalue weighted by molar-refractivity contribution is -0.153. The number of sulfonamides is 1. The SMILES string of the molecule is N#Cc1cc(S(N)(=O)=O)ccc1NCc1cccc(OCC(F)(F)F)c1. The Labute approximate surface area is 148 Å². The lowest BCUT2D eigenvalue weighted by Crippen LogP contribution is -2.19. The van der Waals surface area contributed by atoms with Crippen molar-refractivity contribution in [2.45, 2.75) is 17.6 Å². The molecule has 0 fully saturated rings. The first-order valence-corrected chi connectivity index (χ1v) is 8.72. The minimum absolute atomic E-state index is 0.0618. The second kappa shape index (κ2) is 7.63. The molecule has 0 aliphatic heterocycles. The van der Waals surface area contributed by atoms with Gasteiger partial charge in [0.2, 0.25) is 10.0 Å². The third kappa shape index (κ3) is 5.65. The van der Waals surface area contributed by atoms with E-state index in [1.807, 2.05) is 6.07 Å². The van der Waals surface area contributed by atoms with E-state index in [2.05, 4.69) is 10.1 Å². The average Bonchev–Trinajstić information content (AvgIpc) is 2.57. The molecular weight excluding hydrogens is 371 g/mol. The highest BCUT2D eigenvalue weighted by atomic mass is 32.2. The lowest BCUT2D eigenvalue weighted by Gasteiger charge is -2.12. The molecule has 2 aromatic rings. The quantitative estimate of drug-likeness (QED) is 0.795. The molecule has 0 bridgehead atoms. The van der Waals surface area contributed by atoms with Gasteiger partial charge in [0.1, 0.15) is 11.8 Å². The Morgan fingerprint density at radius 1 is 1.19 bits per heavy atom. The van der Waals surface area contributed by atoms with Gasteiger partial charge in [-0.05, 0) is 35.9 Å². The topological polar surface area (TPSA) is 105 Å². The Morgan fingerprint density at radius 2 is 1.92 bits per heavy atom. The van der Waals surface area contributed by atoms with Gasteiger partial charge in [0, 0.05) is 6.54 Å². The van der Waals surface area contributed by atoms with Crippen LogP contribution in [-0.2, 0) is 16.6 Å². The maximum Gasteiger partial charge on any atom is 0.422 e. The normalized spacial score (nSPS) is 11.7. The number of benzene rings is 2. The average molecular weight is 385 g/mol. The maximum absolute atomic E-state index is 12.2. The van der Waals surface area contributed by atoms with Gasteiger partial charge in [-0.3, -0.25) is 0 Å². The van der Waals surface area contributed by atoms with E-state index in [-0.39, 0.29) is 22.8 Å². The molecule has 0 amide bonds. The number of halogens is 3. The highest BCUT2D eigenvalue weighted by Crippen LogP contribution is 2.22. The van der Waals surface area contributed by atoms with Crippen molar-refractivity contribution in [1.29, 1.82) is 5.26 Å². The van der Waals surface area contributed by atoms with Crippen LogP contribution in [0.2, 0.25) is 0 Å². The third-order valence-electron chi connectivity index (χ3n) is 3.22. The first-order chi connectivity index (χ1) is 12.1. The molecule has 2 rings (SSSR count). The third-order valence-corrected chi connectivity index (χ3v) is 4.13. The summed E-state index contributed by atoms with van der Waals surface area (Å²) in [5, 5.41) is 17.1. The van der Waals surface area contributed by atoms with Crippen LogP contribution < -0.4 is 15.2 Å². The predicted molar refractivity (Wildman–Crippen MR) is 87.8 cm³/mol. The molecule has 0 atom stereocenters. The van der Waals surface area contributed by atoms with Gasteiger partial charge in [-0.2, -0.15) is 18.4 Å². The number of anilines is 1. The highest BCUT2D eigenvalue weighted by molar-refractivity contribution is 7.89. The summed E-state index contributed by atoms with van der Waals surface area (Å²) in [4.78, 5) is -0.192. The molecule has 2 aromatic carbocycles. The summed E-state index contributed by atoms with van der Waals surface area (Å²) in [6.45, 7) is -1.20. The molecule has 138 valence electrons. The van der Waals surface area contributed by atoms with Crippen LogP contribution in [0, 0.1) is 11.3 Å². The molecule has 0 radical (unpaired) electrons. The number of nitrogens with two attached hydrogens (primary N) is 1. The van der Waals surface area contributed by atoms with E-state index in [0.29, 0.717) is 11.3 Å².